The van der Waals surface area contributed by atoms with Gasteiger partial charge < -0.3 is 15.1 Å². The van der Waals surface area contributed by atoms with Crippen LogP contribution in [-0.2, 0) is 6.61 Å². The molecule has 1 aromatic carbocycles. The maximum absolute atomic E-state index is 11.1. The smallest absolute Gasteiger partial charge is 0.292 e. The third-order valence-corrected chi connectivity index (χ3v) is 3.90. The Hall–Kier alpha value is -1.66. The number of aliphatic hydroxyl groups is 2. The fourth-order valence-corrected chi connectivity index (χ4v) is 2.70. The number of rotatable bonds is 4. The molecule has 0 spiro atoms. The molecular formula is C14H20N2O4. The van der Waals surface area contributed by atoms with Gasteiger partial charge in [-0.2, -0.15) is 0 Å². The fraction of sp³-hybridized carbons (Fsp3) is 0.571. The zero-order chi connectivity index (χ0) is 14.7. The minimum Gasteiger partial charge on any atom is -0.393 e. The van der Waals surface area contributed by atoms with Gasteiger partial charge in [0.1, 0.15) is 5.69 Å². The summed E-state index contributed by atoms with van der Waals surface area (Å²) in [5.41, 5.74) is 1.24. The maximum Gasteiger partial charge on any atom is 0.292 e. The van der Waals surface area contributed by atoms with Crippen molar-refractivity contribution in [3.8, 4) is 0 Å². The van der Waals surface area contributed by atoms with Crippen molar-refractivity contribution in [3.63, 3.8) is 0 Å². The lowest BCUT2D eigenvalue weighted by atomic mass is 9.93. The molecule has 20 heavy (non-hydrogen) atoms. The van der Waals surface area contributed by atoms with E-state index >= 15 is 0 Å². The van der Waals surface area contributed by atoms with E-state index in [0.29, 0.717) is 17.8 Å². The van der Waals surface area contributed by atoms with E-state index in [4.69, 9.17) is 0 Å². The van der Waals surface area contributed by atoms with Gasteiger partial charge in [0.2, 0.25) is 0 Å². The molecule has 2 unspecified atom stereocenters. The van der Waals surface area contributed by atoms with Crippen LogP contribution in [0.3, 0.4) is 0 Å². The van der Waals surface area contributed by atoms with Crippen LogP contribution >= 0.6 is 0 Å². The summed E-state index contributed by atoms with van der Waals surface area (Å²) in [7, 11) is 0. The molecule has 110 valence electrons. The van der Waals surface area contributed by atoms with Gasteiger partial charge in [0, 0.05) is 25.1 Å². The van der Waals surface area contributed by atoms with Crippen LogP contribution < -0.4 is 4.90 Å². The van der Waals surface area contributed by atoms with Crippen LogP contribution in [-0.4, -0.2) is 34.3 Å². The highest BCUT2D eigenvalue weighted by molar-refractivity contribution is 5.64. The first-order chi connectivity index (χ1) is 9.52. The van der Waals surface area contributed by atoms with Crippen LogP contribution in [0.4, 0.5) is 11.4 Å². The molecule has 1 saturated heterocycles. The Kier molecular flexibility index (Phi) is 4.57. The quantitative estimate of drug-likeness (QED) is 0.647. The van der Waals surface area contributed by atoms with Gasteiger partial charge in [-0.05, 0) is 37.5 Å². The molecule has 1 heterocycles. The SMILES string of the molecule is CC(O)C1CCCN(c2cc(CO)ccc2[N+](=O)[O-])C1. The van der Waals surface area contributed by atoms with E-state index in [1.807, 2.05) is 4.90 Å². The van der Waals surface area contributed by atoms with E-state index in [1.165, 1.54) is 6.07 Å². The van der Waals surface area contributed by atoms with Gasteiger partial charge in [-0.25, -0.2) is 0 Å². The third-order valence-electron chi connectivity index (χ3n) is 3.90. The van der Waals surface area contributed by atoms with Gasteiger partial charge in [-0.3, -0.25) is 10.1 Å². The first-order valence-corrected chi connectivity index (χ1v) is 6.84. The summed E-state index contributed by atoms with van der Waals surface area (Å²) < 4.78 is 0. The molecule has 0 aliphatic carbocycles. The fourth-order valence-electron chi connectivity index (χ4n) is 2.70. The molecule has 0 radical (unpaired) electrons. The molecular weight excluding hydrogens is 260 g/mol. The minimum absolute atomic E-state index is 0.0495. The number of hydrogen-bond donors (Lipinski definition) is 2. The molecule has 2 atom stereocenters. The van der Waals surface area contributed by atoms with Gasteiger partial charge in [0.05, 0.1) is 17.6 Å². The van der Waals surface area contributed by atoms with Crippen LogP contribution in [0.1, 0.15) is 25.3 Å². The van der Waals surface area contributed by atoms with Crippen LogP contribution in [0.25, 0.3) is 0 Å². The first kappa shape index (κ1) is 14.7. The Morgan fingerprint density at radius 1 is 1.55 bits per heavy atom. The average Bonchev–Trinajstić information content (AvgIpc) is 2.46. The topological polar surface area (TPSA) is 86.8 Å². The standard InChI is InChI=1S/C14H20N2O4/c1-10(18)12-3-2-6-15(8-12)14-7-11(9-17)4-5-13(14)16(19)20/h4-5,7,10,12,17-18H,2-3,6,8-9H2,1H3. The Balaban J connectivity index is 2.32. The summed E-state index contributed by atoms with van der Waals surface area (Å²) in [6.45, 7) is 2.96. The lowest BCUT2D eigenvalue weighted by Gasteiger charge is -2.35. The number of benzene rings is 1. The van der Waals surface area contributed by atoms with Gasteiger partial charge in [-0.1, -0.05) is 0 Å². The van der Waals surface area contributed by atoms with E-state index in [2.05, 4.69) is 0 Å². The zero-order valence-corrected chi connectivity index (χ0v) is 11.5. The second-order valence-corrected chi connectivity index (χ2v) is 5.33. The number of nitrogens with zero attached hydrogens (tertiary/aromatic N) is 2. The second-order valence-electron chi connectivity index (χ2n) is 5.33. The van der Waals surface area contributed by atoms with Crippen molar-refractivity contribution in [3.05, 3.63) is 33.9 Å². The molecule has 1 aliphatic rings. The van der Waals surface area contributed by atoms with Gasteiger partial charge in [0.25, 0.3) is 5.69 Å². The largest absolute Gasteiger partial charge is 0.393 e. The second kappa shape index (κ2) is 6.19. The van der Waals surface area contributed by atoms with E-state index in [0.717, 1.165) is 19.4 Å². The summed E-state index contributed by atoms with van der Waals surface area (Å²) in [6, 6.07) is 4.67. The van der Waals surface area contributed by atoms with E-state index in [-0.39, 0.29) is 18.2 Å². The van der Waals surface area contributed by atoms with Crippen molar-refractivity contribution in [2.45, 2.75) is 32.5 Å². The van der Waals surface area contributed by atoms with Crippen molar-refractivity contribution in [1.29, 1.82) is 0 Å². The van der Waals surface area contributed by atoms with E-state index in [1.54, 1.807) is 19.1 Å². The molecule has 0 bridgehead atoms. The zero-order valence-electron chi connectivity index (χ0n) is 11.5. The third kappa shape index (κ3) is 3.08. The lowest BCUT2D eigenvalue weighted by molar-refractivity contribution is -0.384. The van der Waals surface area contributed by atoms with Crippen molar-refractivity contribution in [2.75, 3.05) is 18.0 Å². The van der Waals surface area contributed by atoms with Crippen LogP contribution in [0, 0.1) is 16.0 Å². The summed E-state index contributed by atoms with van der Waals surface area (Å²) in [5, 5.41) is 30.1. The highest BCUT2D eigenvalue weighted by Gasteiger charge is 2.27. The summed E-state index contributed by atoms with van der Waals surface area (Å²) >= 11 is 0. The Labute approximate surface area is 117 Å². The summed E-state index contributed by atoms with van der Waals surface area (Å²) in [5.74, 6) is 0.126. The molecule has 0 saturated carbocycles. The number of aliphatic hydroxyl groups excluding tert-OH is 2. The van der Waals surface area contributed by atoms with E-state index in [9.17, 15) is 20.3 Å². The van der Waals surface area contributed by atoms with Crippen LogP contribution in [0.2, 0.25) is 0 Å². The Bertz CT molecular complexity index is 490. The highest BCUT2D eigenvalue weighted by atomic mass is 16.6. The van der Waals surface area contributed by atoms with Crippen molar-refractivity contribution in [2.24, 2.45) is 5.92 Å². The summed E-state index contributed by atoms with van der Waals surface area (Å²) in [6.07, 6.45) is 1.41. The van der Waals surface area contributed by atoms with Gasteiger partial charge in [-0.15, -0.1) is 0 Å². The number of anilines is 1. The summed E-state index contributed by atoms with van der Waals surface area (Å²) in [4.78, 5) is 12.7. The van der Waals surface area contributed by atoms with Crippen LogP contribution in [0.5, 0.6) is 0 Å². The van der Waals surface area contributed by atoms with Crippen LogP contribution in [0.15, 0.2) is 18.2 Å². The van der Waals surface area contributed by atoms with E-state index < -0.39 is 11.0 Å². The van der Waals surface area contributed by atoms with Crippen molar-refractivity contribution >= 4 is 11.4 Å². The molecule has 6 heteroatoms. The highest BCUT2D eigenvalue weighted by Crippen LogP contribution is 2.33. The molecule has 6 nitrogen and oxygen atoms in total. The molecule has 0 amide bonds. The van der Waals surface area contributed by atoms with Crippen molar-refractivity contribution in [1.82, 2.24) is 0 Å². The lowest BCUT2D eigenvalue weighted by Crippen LogP contribution is -2.39. The minimum atomic E-state index is -0.419. The molecule has 0 aromatic heterocycles. The molecule has 2 rings (SSSR count). The first-order valence-electron chi connectivity index (χ1n) is 6.84. The van der Waals surface area contributed by atoms with Gasteiger partial charge >= 0.3 is 0 Å². The normalized spacial score (nSPS) is 20.8. The predicted octanol–water partition coefficient (Wildman–Crippen LogP) is 1.68. The number of nitro benzene ring substituents is 1. The number of piperidine rings is 1. The molecule has 1 fully saturated rings. The predicted molar refractivity (Wildman–Crippen MR) is 75.6 cm³/mol. The van der Waals surface area contributed by atoms with Gasteiger partial charge in [0.15, 0.2) is 0 Å². The maximum atomic E-state index is 11.1. The Morgan fingerprint density at radius 3 is 2.90 bits per heavy atom. The Morgan fingerprint density at radius 2 is 2.30 bits per heavy atom. The molecule has 1 aromatic rings. The number of hydrogen-bond acceptors (Lipinski definition) is 5. The monoisotopic (exact) mass is 280 g/mol. The number of nitro groups is 1. The molecule has 2 N–H and O–H groups in total. The molecule has 1 aliphatic heterocycles. The van der Waals surface area contributed by atoms with Crippen molar-refractivity contribution < 1.29 is 15.1 Å². The average molecular weight is 280 g/mol.